The molecule has 2 N–H and O–H groups in total. The number of sulfonamides is 1. The second-order valence-corrected chi connectivity index (χ2v) is 6.75. The van der Waals surface area contributed by atoms with Crippen LogP contribution in [0.25, 0.3) is 22.4 Å². The van der Waals surface area contributed by atoms with Crippen LogP contribution in [0.15, 0.2) is 59.6 Å². The number of benzene rings is 2. The van der Waals surface area contributed by atoms with Gasteiger partial charge in [-0.05, 0) is 30.3 Å². The van der Waals surface area contributed by atoms with Gasteiger partial charge in [0.2, 0.25) is 10.0 Å². The van der Waals surface area contributed by atoms with Crippen LogP contribution in [0.4, 0.5) is 13.2 Å². The average Bonchev–Trinajstić information content (AvgIpc) is 2.55. The lowest BCUT2D eigenvalue weighted by Crippen LogP contribution is -2.14. The topological polar surface area (TPSA) is 73.1 Å². The van der Waals surface area contributed by atoms with Gasteiger partial charge in [-0.15, -0.1) is 0 Å². The fourth-order valence-electron chi connectivity index (χ4n) is 2.44. The summed E-state index contributed by atoms with van der Waals surface area (Å²) in [6, 6.07) is 9.71. The number of aromatic nitrogens is 1. The Kier molecular flexibility index (Phi) is 4.32. The summed E-state index contributed by atoms with van der Waals surface area (Å²) in [4.78, 5) is 3.17. The monoisotopic (exact) mass is 364 g/mol. The molecule has 3 rings (SSSR count). The van der Waals surface area contributed by atoms with Gasteiger partial charge in [-0.2, -0.15) is 0 Å². The molecule has 0 unspecified atom stereocenters. The predicted molar refractivity (Wildman–Crippen MR) is 86.4 cm³/mol. The van der Waals surface area contributed by atoms with E-state index in [1.165, 1.54) is 36.5 Å². The highest BCUT2D eigenvalue weighted by atomic mass is 32.2. The highest BCUT2D eigenvalue weighted by Crippen LogP contribution is 2.33. The van der Waals surface area contributed by atoms with E-state index >= 15 is 0 Å². The summed E-state index contributed by atoms with van der Waals surface area (Å²) in [5.74, 6) is -2.69. The summed E-state index contributed by atoms with van der Waals surface area (Å²) in [7, 11) is -4.40. The SMILES string of the molecule is NS(=O)(=O)c1cc(F)c(-c2cccnc2-c2cccc(F)c2)cc1F. The lowest BCUT2D eigenvalue weighted by molar-refractivity contribution is 0.555. The molecule has 0 bridgehead atoms. The maximum absolute atomic E-state index is 14.4. The first-order valence-corrected chi connectivity index (χ1v) is 8.55. The number of pyridine rings is 1. The molecule has 0 aliphatic rings. The van der Waals surface area contributed by atoms with Gasteiger partial charge in [0.1, 0.15) is 22.3 Å². The van der Waals surface area contributed by atoms with E-state index in [4.69, 9.17) is 5.14 Å². The van der Waals surface area contributed by atoms with Gasteiger partial charge in [0.25, 0.3) is 0 Å². The van der Waals surface area contributed by atoms with E-state index in [0.29, 0.717) is 11.6 Å². The van der Waals surface area contributed by atoms with Crippen LogP contribution in [0.3, 0.4) is 0 Å². The Bertz CT molecular complexity index is 1070. The average molecular weight is 364 g/mol. The van der Waals surface area contributed by atoms with Crippen molar-refractivity contribution >= 4 is 10.0 Å². The van der Waals surface area contributed by atoms with Crippen molar-refractivity contribution in [2.45, 2.75) is 4.90 Å². The van der Waals surface area contributed by atoms with Crippen LogP contribution in [0.5, 0.6) is 0 Å². The second kappa shape index (κ2) is 6.30. The van der Waals surface area contributed by atoms with Crippen molar-refractivity contribution in [2.75, 3.05) is 0 Å². The molecule has 0 spiro atoms. The lowest BCUT2D eigenvalue weighted by atomic mass is 9.99. The Hall–Kier alpha value is -2.71. The first kappa shape index (κ1) is 17.1. The van der Waals surface area contributed by atoms with Crippen molar-refractivity contribution in [3.05, 3.63) is 72.2 Å². The van der Waals surface area contributed by atoms with Crippen molar-refractivity contribution in [1.29, 1.82) is 0 Å². The van der Waals surface area contributed by atoms with Gasteiger partial charge in [-0.1, -0.05) is 18.2 Å². The Morgan fingerprint density at radius 1 is 0.880 bits per heavy atom. The molecule has 0 aliphatic heterocycles. The molecule has 4 nitrogen and oxygen atoms in total. The molecule has 0 saturated heterocycles. The molecule has 8 heteroatoms. The third-order valence-corrected chi connectivity index (χ3v) is 4.45. The van der Waals surface area contributed by atoms with E-state index in [-0.39, 0.29) is 16.8 Å². The number of halogens is 3. The summed E-state index contributed by atoms with van der Waals surface area (Å²) in [6.07, 6.45) is 1.43. The van der Waals surface area contributed by atoms with Crippen LogP contribution in [-0.2, 0) is 10.0 Å². The van der Waals surface area contributed by atoms with Gasteiger partial charge < -0.3 is 0 Å². The maximum atomic E-state index is 14.4. The zero-order chi connectivity index (χ0) is 18.2. The fraction of sp³-hybridized carbons (Fsp3) is 0. The lowest BCUT2D eigenvalue weighted by Gasteiger charge is -2.11. The van der Waals surface area contributed by atoms with Crippen LogP contribution in [0.1, 0.15) is 0 Å². The standard InChI is InChI=1S/C17H11F3N2O2S/c18-11-4-1-3-10(7-11)17-12(5-2-6-22-17)13-8-15(20)16(9-14(13)19)25(21,23)24/h1-9H,(H2,21,23,24). The third kappa shape index (κ3) is 3.40. The summed E-state index contributed by atoms with van der Waals surface area (Å²) < 4.78 is 64.6. The van der Waals surface area contributed by atoms with Gasteiger partial charge in [-0.25, -0.2) is 26.7 Å². The highest BCUT2D eigenvalue weighted by Gasteiger charge is 2.21. The largest absolute Gasteiger partial charge is 0.256 e. The van der Waals surface area contributed by atoms with Crippen LogP contribution < -0.4 is 5.14 Å². The first-order valence-electron chi connectivity index (χ1n) is 7.00. The minimum Gasteiger partial charge on any atom is -0.256 e. The van der Waals surface area contributed by atoms with Crippen LogP contribution in [-0.4, -0.2) is 13.4 Å². The van der Waals surface area contributed by atoms with E-state index in [0.717, 1.165) is 6.07 Å². The maximum Gasteiger partial charge on any atom is 0.241 e. The van der Waals surface area contributed by atoms with Crippen molar-refractivity contribution in [3.63, 3.8) is 0 Å². The van der Waals surface area contributed by atoms with Gasteiger partial charge in [-0.3, -0.25) is 4.98 Å². The first-order chi connectivity index (χ1) is 11.8. The van der Waals surface area contributed by atoms with E-state index in [9.17, 15) is 21.6 Å². The molecular weight excluding hydrogens is 353 g/mol. The van der Waals surface area contributed by atoms with Gasteiger partial charge >= 0.3 is 0 Å². The number of hydrogen-bond acceptors (Lipinski definition) is 3. The Morgan fingerprint density at radius 3 is 2.32 bits per heavy atom. The molecular formula is C17H11F3N2O2S. The molecule has 2 aromatic carbocycles. The fourth-order valence-corrected chi connectivity index (χ4v) is 3.04. The van der Waals surface area contributed by atoms with Crippen LogP contribution in [0.2, 0.25) is 0 Å². The zero-order valence-corrected chi connectivity index (χ0v) is 13.4. The Labute approximate surface area is 141 Å². The van der Waals surface area contributed by atoms with Crippen LogP contribution >= 0.6 is 0 Å². The predicted octanol–water partition coefficient (Wildman–Crippen LogP) is 3.48. The van der Waals surface area contributed by atoms with Crippen molar-refractivity contribution in [1.82, 2.24) is 4.98 Å². The number of nitrogens with two attached hydrogens (primary N) is 1. The van der Waals surface area contributed by atoms with Gasteiger partial charge in [0, 0.05) is 22.9 Å². The number of hydrogen-bond donors (Lipinski definition) is 1. The molecule has 1 heterocycles. The summed E-state index contributed by atoms with van der Waals surface area (Å²) in [5.41, 5.74) is 0.567. The van der Waals surface area contributed by atoms with Crippen molar-refractivity contribution in [2.24, 2.45) is 5.14 Å². The molecule has 0 aliphatic carbocycles. The molecule has 25 heavy (non-hydrogen) atoms. The van der Waals surface area contributed by atoms with E-state index in [1.54, 1.807) is 6.07 Å². The molecule has 1 aromatic heterocycles. The highest BCUT2D eigenvalue weighted by molar-refractivity contribution is 7.89. The van der Waals surface area contributed by atoms with E-state index in [2.05, 4.69) is 4.98 Å². The van der Waals surface area contributed by atoms with Crippen molar-refractivity contribution in [3.8, 4) is 22.4 Å². The molecule has 0 amide bonds. The third-order valence-electron chi connectivity index (χ3n) is 3.52. The summed E-state index contributed by atoms with van der Waals surface area (Å²) in [5, 5.41) is 4.86. The quantitative estimate of drug-likeness (QED) is 0.773. The van der Waals surface area contributed by atoms with Crippen molar-refractivity contribution < 1.29 is 21.6 Å². The number of primary sulfonamides is 1. The number of nitrogens with zero attached hydrogens (tertiary/aromatic N) is 1. The second-order valence-electron chi connectivity index (χ2n) is 5.22. The van der Waals surface area contributed by atoms with Crippen LogP contribution in [0, 0.1) is 17.5 Å². The molecule has 0 atom stereocenters. The van der Waals surface area contributed by atoms with Gasteiger partial charge in [0.15, 0.2) is 0 Å². The Morgan fingerprint density at radius 2 is 1.64 bits per heavy atom. The molecule has 0 radical (unpaired) electrons. The van der Waals surface area contributed by atoms with E-state index < -0.39 is 32.4 Å². The number of rotatable bonds is 3. The smallest absolute Gasteiger partial charge is 0.241 e. The minimum atomic E-state index is -4.40. The molecule has 128 valence electrons. The van der Waals surface area contributed by atoms with Gasteiger partial charge in [0.05, 0.1) is 5.69 Å². The Balaban J connectivity index is 2.24. The summed E-state index contributed by atoms with van der Waals surface area (Å²) >= 11 is 0. The normalized spacial score (nSPS) is 11.5. The molecule has 3 aromatic rings. The molecule has 0 fully saturated rings. The molecule has 0 saturated carbocycles. The minimum absolute atomic E-state index is 0.186. The summed E-state index contributed by atoms with van der Waals surface area (Å²) in [6.45, 7) is 0. The zero-order valence-electron chi connectivity index (χ0n) is 12.6. The van der Waals surface area contributed by atoms with E-state index in [1.807, 2.05) is 0 Å².